The molecule has 0 saturated carbocycles. The molecule has 0 aromatic rings. The van der Waals surface area contributed by atoms with Crippen molar-refractivity contribution < 1.29 is 9.90 Å². The highest BCUT2D eigenvalue weighted by Gasteiger charge is 2.15. The molecule has 0 aliphatic carbocycles. The quantitative estimate of drug-likeness (QED) is 0.597. The van der Waals surface area contributed by atoms with Crippen LogP contribution >= 0.6 is 0 Å². The number of amides is 2. The smallest absolute Gasteiger partial charge is 0.317 e. The van der Waals surface area contributed by atoms with Crippen LogP contribution in [-0.2, 0) is 0 Å². The van der Waals surface area contributed by atoms with Crippen molar-refractivity contribution in [3.8, 4) is 0 Å². The molecule has 0 radical (unpaired) electrons. The molecular formula is C7H14N2O2. The van der Waals surface area contributed by atoms with Crippen molar-refractivity contribution in [3.05, 3.63) is 0 Å². The van der Waals surface area contributed by atoms with E-state index in [0.717, 1.165) is 19.5 Å². The summed E-state index contributed by atoms with van der Waals surface area (Å²) in [6.45, 7) is 2.44. The topological polar surface area (TPSA) is 52.6 Å². The molecule has 64 valence electrons. The molecule has 0 unspecified atom stereocenters. The first kappa shape index (κ1) is 8.33. The van der Waals surface area contributed by atoms with Crippen LogP contribution in [0.1, 0.15) is 12.8 Å². The predicted octanol–water partition coefficient (Wildman–Crippen LogP) is -0.216. The first-order valence-corrected chi connectivity index (χ1v) is 3.98. The van der Waals surface area contributed by atoms with Gasteiger partial charge in [-0.25, -0.2) is 4.79 Å². The van der Waals surface area contributed by atoms with Crippen molar-refractivity contribution in [2.45, 2.75) is 12.8 Å². The number of aliphatic hydroxyl groups is 1. The van der Waals surface area contributed by atoms with E-state index in [2.05, 4.69) is 5.32 Å². The van der Waals surface area contributed by atoms with Crippen molar-refractivity contribution in [3.63, 3.8) is 0 Å². The Kier molecular flexibility index (Phi) is 3.16. The van der Waals surface area contributed by atoms with Gasteiger partial charge in [0.2, 0.25) is 0 Å². The van der Waals surface area contributed by atoms with Gasteiger partial charge >= 0.3 is 6.03 Å². The van der Waals surface area contributed by atoms with E-state index in [-0.39, 0.29) is 12.6 Å². The van der Waals surface area contributed by atoms with E-state index in [1.807, 2.05) is 0 Å². The van der Waals surface area contributed by atoms with Crippen molar-refractivity contribution in [2.24, 2.45) is 0 Å². The molecule has 1 fully saturated rings. The van der Waals surface area contributed by atoms with Crippen LogP contribution in [0.3, 0.4) is 0 Å². The van der Waals surface area contributed by atoms with Gasteiger partial charge in [0.05, 0.1) is 0 Å². The zero-order valence-corrected chi connectivity index (χ0v) is 6.55. The van der Waals surface area contributed by atoms with Crippen molar-refractivity contribution in [2.75, 3.05) is 26.2 Å². The second-order valence-corrected chi connectivity index (χ2v) is 2.65. The standard InChI is InChI=1S/C7H14N2O2/c10-6-2-5-9-4-1-3-8-7(9)11/h10H,1-6H2,(H,8,11). The van der Waals surface area contributed by atoms with Crippen LogP contribution in [0.4, 0.5) is 4.79 Å². The molecule has 1 heterocycles. The third-order valence-electron chi connectivity index (χ3n) is 1.75. The molecule has 0 bridgehead atoms. The maximum atomic E-state index is 11.0. The van der Waals surface area contributed by atoms with E-state index >= 15 is 0 Å². The molecule has 11 heavy (non-hydrogen) atoms. The lowest BCUT2D eigenvalue weighted by Gasteiger charge is -2.26. The molecule has 0 atom stereocenters. The molecule has 2 N–H and O–H groups in total. The highest BCUT2D eigenvalue weighted by atomic mass is 16.3. The molecule has 1 saturated heterocycles. The minimum Gasteiger partial charge on any atom is -0.396 e. The SMILES string of the molecule is O=C1NCCCN1CCCO. The molecule has 1 rings (SSSR count). The third-order valence-corrected chi connectivity index (χ3v) is 1.75. The van der Waals surface area contributed by atoms with Crippen LogP contribution in [0.25, 0.3) is 0 Å². The van der Waals surface area contributed by atoms with Gasteiger partial charge in [-0.1, -0.05) is 0 Å². The Bertz CT molecular complexity index is 138. The molecule has 0 aromatic heterocycles. The highest BCUT2D eigenvalue weighted by Crippen LogP contribution is 1.99. The lowest BCUT2D eigenvalue weighted by atomic mass is 10.3. The maximum Gasteiger partial charge on any atom is 0.317 e. The summed E-state index contributed by atoms with van der Waals surface area (Å²) in [6.07, 6.45) is 1.69. The number of carbonyl (C=O) groups is 1. The number of nitrogens with one attached hydrogen (secondary N) is 1. The second-order valence-electron chi connectivity index (χ2n) is 2.65. The van der Waals surface area contributed by atoms with Crippen LogP contribution in [0, 0.1) is 0 Å². The van der Waals surface area contributed by atoms with Gasteiger partial charge in [-0.3, -0.25) is 0 Å². The van der Waals surface area contributed by atoms with Gasteiger partial charge in [0.1, 0.15) is 0 Å². The Morgan fingerprint density at radius 2 is 2.45 bits per heavy atom. The Hall–Kier alpha value is -0.770. The molecule has 1 aliphatic heterocycles. The van der Waals surface area contributed by atoms with Gasteiger partial charge < -0.3 is 15.3 Å². The Balaban J connectivity index is 2.24. The fourth-order valence-corrected chi connectivity index (χ4v) is 1.15. The number of nitrogens with zero attached hydrogens (tertiary/aromatic N) is 1. The fraction of sp³-hybridized carbons (Fsp3) is 0.857. The molecule has 2 amide bonds. The molecule has 1 aliphatic rings. The van der Waals surface area contributed by atoms with Gasteiger partial charge in [0.15, 0.2) is 0 Å². The fourth-order valence-electron chi connectivity index (χ4n) is 1.15. The first-order valence-electron chi connectivity index (χ1n) is 3.98. The van der Waals surface area contributed by atoms with Crippen molar-refractivity contribution in [1.29, 1.82) is 0 Å². The van der Waals surface area contributed by atoms with Crippen LogP contribution in [0.15, 0.2) is 0 Å². The third kappa shape index (κ3) is 2.38. The highest BCUT2D eigenvalue weighted by molar-refractivity contribution is 5.74. The second kappa shape index (κ2) is 4.18. The van der Waals surface area contributed by atoms with Crippen LogP contribution in [0.2, 0.25) is 0 Å². The summed E-state index contributed by atoms with van der Waals surface area (Å²) in [5.74, 6) is 0. The van der Waals surface area contributed by atoms with E-state index in [0.29, 0.717) is 13.0 Å². The Morgan fingerprint density at radius 1 is 1.64 bits per heavy atom. The van der Waals surface area contributed by atoms with E-state index in [9.17, 15) is 4.79 Å². The number of rotatable bonds is 3. The zero-order chi connectivity index (χ0) is 8.10. The summed E-state index contributed by atoms with van der Waals surface area (Å²) in [5.41, 5.74) is 0. The summed E-state index contributed by atoms with van der Waals surface area (Å²) in [4.78, 5) is 12.8. The minimum absolute atomic E-state index is 0.00435. The summed E-state index contributed by atoms with van der Waals surface area (Å²) in [7, 11) is 0. The molecule has 4 nitrogen and oxygen atoms in total. The van der Waals surface area contributed by atoms with Gasteiger partial charge in [0, 0.05) is 26.2 Å². The first-order chi connectivity index (χ1) is 5.34. The van der Waals surface area contributed by atoms with Crippen LogP contribution in [-0.4, -0.2) is 42.3 Å². The summed E-state index contributed by atoms with van der Waals surface area (Å²) >= 11 is 0. The van der Waals surface area contributed by atoms with Crippen molar-refractivity contribution in [1.82, 2.24) is 10.2 Å². The minimum atomic E-state index is 0.00435. The van der Waals surface area contributed by atoms with Gasteiger partial charge in [0.25, 0.3) is 0 Å². The van der Waals surface area contributed by atoms with Crippen LogP contribution < -0.4 is 5.32 Å². The lowest BCUT2D eigenvalue weighted by Crippen LogP contribution is -2.46. The van der Waals surface area contributed by atoms with Crippen LogP contribution in [0.5, 0.6) is 0 Å². The molecule has 0 spiro atoms. The summed E-state index contributed by atoms with van der Waals surface area (Å²) in [5, 5.41) is 11.3. The van der Waals surface area contributed by atoms with E-state index in [1.54, 1.807) is 4.90 Å². The van der Waals surface area contributed by atoms with Gasteiger partial charge in [-0.2, -0.15) is 0 Å². The summed E-state index contributed by atoms with van der Waals surface area (Å²) in [6, 6.07) is 0.00435. The normalized spacial score (nSPS) is 18.3. The Labute approximate surface area is 66.2 Å². The lowest BCUT2D eigenvalue weighted by molar-refractivity contribution is 0.178. The average molecular weight is 158 g/mol. The number of urea groups is 1. The monoisotopic (exact) mass is 158 g/mol. The molecule has 0 aromatic carbocycles. The van der Waals surface area contributed by atoms with E-state index in [4.69, 9.17) is 5.11 Å². The maximum absolute atomic E-state index is 11.0. The van der Waals surface area contributed by atoms with E-state index < -0.39 is 0 Å². The average Bonchev–Trinajstić information content (AvgIpc) is 2.03. The zero-order valence-electron chi connectivity index (χ0n) is 6.55. The molecule has 4 heteroatoms. The van der Waals surface area contributed by atoms with Gasteiger partial charge in [-0.15, -0.1) is 0 Å². The predicted molar refractivity (Wildman–Crippen MR) is 41.3 cm³/mol. The number of aliphatic hydroxyl groups excluding tert-OH is 1. The number of carbonyl (C=O) groups excluding carboxylic acids is 1. The number of hydrogen-bond donors (Lipinski definition) is 2. The van der Waals surface area contributed by atoms with Crippen molar-refractivity contribution >= 4 is 6.03 Å². The molecular weight excluding hydrogens is 144 g/mol. The Morgan fingerprint density at radius 3 is 3.09 bits per heavy atom. The van der Waals surface area contributed by atoms with Gasteiger partial charge in [-0.05, 0) is 12.8 Å². The largest absolute Gasteiger partial charge is 0.396 e. The number of hydrogen-bond acceptors (Lipinski definition) is 2. The summed E-state index contributed by atoms with van der Waals surface area (Å²) < 4.78 is 0. The van der Waals surface area contributed by atoms with E-state index in [1.165, 1.54) is 0 Å².